The van der Waals surface area contributed by atoms with E-state index in [0.717, 1.165) is 11.1 Å². The first kappa shape index (κ1) is 19.7. The Kier molecular flexibility index (Phi) is 5.26. The summed E-state index contributed by atoms with van der Waals surface area (Å²) in [5, 5.41) is 10.0. The number of hydrogen-bond acceptors (Lipinski definition) is 5. The monoisotopic (exact) mass is 416 g/mol. The minimum Gasteiger partial charge on any atom is -0.483 e. The molecule has 0 amide bonds. The van der Waals surface area contributed by atoms with Gasteiger partial charge in [-0.2, -0.15) is 5.26 Å². The van der Waals surface area contributed by atoms with E-state index < -0.39 is 6.10 Å². The highest BCUT2D eigenvalue weighted by molar-refractivity contribution is 6.29. The molecule has 0 aliphatic carbocycles. The molecule has 2 aromatic carbocycles. The number of pyridine rings is 1. The predicted molar refractivity (Wildman–Crippen MR) is 116 cm³/mol. The van der Waals surface area contributed by atoms with Gasteiger partial charge in [0, 0.05) is 17.2 Å². The smallest absolute Gasteiger partial charge is 0.193 e. The lowest BCUT2D eigenvalue weighted by molar-refractivity contribution is 0.225. The number of benzene rings is 2. The summed E-state index contributed by atoms with van der Waals surface area (Å²) in [5.74, 6) is 0.793. The van der Waals surface area contributed by atoms with Gasteiger partial charge in [0.05, 0.1) is 5.39 Å². The fourth-order valence-corrected chi connectivity index (χ4v) is 3.48. The van der Waals surface area contributed by atoms with Crippen LogP contribution in [0, 0.1) is 18.3 Å². The molecule has 0 radical (unpaired) electrons. The highest BCUT2D eigenvalue weighted by atomic mass is 35.5. The van der Waals surface area contributed by atoms with Crippen LogP contribution in [0.2, 0.25) is 5.15 Å². The molecule has 2 aromatic heterocycles. The van der Waals surface area contributed by atoms with Crippen molar-refractivity contribution in [3.05, 3.63) is 92.9 Å². The van der Waals surface area contributed by atoms with Gasteiger partial charge in [-0.15, -0.1) is 0 Å². The largest absolute Gasteiger partial charge is 0.483 e. The molecular formula is C24H17ClN2O3. The maximum atomic E-state index is 12.8. The lowest BCUT2D eigenvalue weighted by Gasteiger charge is -2.18. The Morgan fingerprint density at radius 3 is 2.63 bits per heavy atom. The second kappa shape index (κ2) is 8.02. The number of rotatable bonds is 4. The summed E-state index contributed by atoms with van der Waals surface area (Å²) < 4.78 is 12.2. The van der Waals surface area contributed by atoms with Crippen LogP contribution in [-0.4, -0.2) is 4.98 Å². The van der Waals surface area contributed by atoms with Gasteiger partial charge in [0.15, 0.2) is 16.9 Å². The van der Waals surface area contributed by atoms with Crippen LogP contribution in [0.4, 0.5) is 0 Å². The molecule has 5 nitrogen and oxygen atoms in total. The van der Waals surface area contributed by atoms with Gasteiger partial charge in [0.2, 0.25) is 0 Å². The third-order valence-electron chi connectivity index (χ3n) is 4.73. The third-order valence-corrected chi connectivity index (χ3v) is 4.94. The van der Waals surface area contributed by atoms with Gasteiger partial charge < -0.3 is 9.15 Å². The molecule has 0 saturated carbocycles. The molecule has 0 bridgehead atoms. The number of ether oxygens (including phenoxy) is 1. The standard InChI is InChI=1S/C24H17ClN2O3/c1-14-10-17(15(2)29-21-8-9-23(25)27-19(21)13-26)24-18(11-14)20(28)12-22(30-24)16-6-4-3-5-7-16/h3-12,15H,1-2H3/t15-/m1/s1. The van der Waals surface area contributed by atoms with Gasteiger partial charge in [0.25, 0.3) is 0 Å². The summed E-state index contributed by atoms with van der Waals surface area (Å²) in [6.45, 7) is 3.74. The van der Waals surface area contributed by atoms with Gasteiger partial charge in [0.1, 0.15) is 28.7 Å². The van der Waals surface area contributed by atoms with E-state index in [1.807, 2.05) is 56.3 Å². The fourth-order valence-electron chi connectivity index (χ4n) is 3.33. The van der Waals surface area contributed by atoms with Crippen molar-refractivity contribution >= 4 is 22.6 Å². The maximum Gasteiger partial charge on any atom is 0.193 e. The number of halogens is 1. The molecule has 4 rings (SSSR count). The molecule has 0 aliphatic heterocycles. The normalized spacial score (nSPS) is 11.8. The topological polar surface area (TPSA) is 76.1 Å². The van der Waals surface area contributed by atoms with Crippen LogP contribution in [0.3, 0.4) is 0 Å². The molecule has 0 fully saturated rings. The van der Waals surface area contributed by atoms with Crippen molar-refractivity contribution in [1.29, 1.82) is 5.26 Å². The number of aromatic nitrogens is 1. The molecular weight excluding hydrogens is 400 g/mol. The van der Waals surface area contributed by atoms with Crippen LogP contribution in [-0.2, 0) is 0 Å². The van der Waals surface area contributed by atoms with E-state index in [4.69, 9.17) is 20.8 Å². The zero-order chi connectivity index (χ0) is 21.3. The maximum absolute atomic E-state index is 12.8. The SMILES string of the molecule is Cc1cc([C@@H](C)Oc2ccc(Cl)nc2C#N)c2oc(-c3ccccc3)cc(=O)c2c1. The quantitative estimate of drug-likeness (QED) is 0.391. The minimum absolute atomic E-state index is 0.0951. The zero-order valence-corrected chi connectivity index (χ0v) is 17.1. The second-order valence-electron chi connectivity index (χ2n) is 6.92. The van der Waals surface area contributed by atoms with Gasteiger partial charge in [-0.3, -0.25) is 4.79 Å². The van der Waals surface area contributed by atoms with Crippen molar-refractivity contribution in [2.45, 2.75) is 20.0 Å². The number of aryl methyl sites for hydroxylation is 1. The summed E-state index contributed by atoms with van der Waals surface area (Å²) in [4.78, 5) is 16.8. The molecule has 0 spiro atoms. The van der Waals surface area contributed by atoms with Crippen molar-refractivity contribution in [2.75, 3.05) is 0 Å². The van der Waals surface area contributed by atoms with E-state index in [0.29, 0.717) is 28.0 Å². The Hall–Kier alpha value is -3.62. The van der Waals surface area contributed by atoms with Crippen molar-refractivity contribution in [3.63, 3.8) is 0 Å². The molecule has 148 valence electrons. The molecule has 0 N–H and O–H groups in total. The van der Waals surface area contributed by atoms with Gasteiger partial charge in [-0.05, 0) is 43.7 Å². The van der Waals surface area contributed by atoms with Gasteiger partial charge in [-0.25, -0.2) is 4.98 Å². The number of fused-ring (bicyclic) bond motifs is 1. The van der Waals surface area contributed by atoms with Crippen molar-refractivity contribution in [3.8, 4) is 23.1 Å². The van der Waals surface area contributed by atoms with Gasteiger partial charge >= 0.3 is 0 Å². The molecule has 0 unspecified atom stereocenters. The third kappa shape index (κ3) is 3.78. The van der Waals surface area contributed by atoms with Crippen LogP contribution >= 0.6 is 11.6 Å². The van der Waals surface area contributed by atoms with Crippen molar-refractivity contribution < 1.29 is 9.15 Å². The van der Waals surface area contributed by atoms with Crippen LogP contribution < -0.4 is 10.2 Å². The van der Waals surface area contributed by atoms with Gasteiger partial charge in [-0.1, -0.05) is 41.9 Å². The average Bonchev–Trinajstić information content (AvgIpc) is 2.75. The van der Waals surface area contributed by atoms with E-state index in [9.17, 15) is 10.1 Å². The van der Waals surface area contributed by atoms with E-state index in [2.05, 4.69) is 4.98 Å². The van der Waals surface area contributed by atoms with Crippen molar-refractivity contribution in [2.24, 2.45) is 0 Å². The lowest BCUT2D eigenvalue weighted by Crippen LogP contribution is -2.09. The van der Waals surface area contributed by atoms with Crippen LogP contribution in [0.5, 0.6) is 5.75 Å². The minimum atomic E-state index is -0.503. The van der Waals surface area contributed by atoms with E-state index in [-0.39, 0.29) is 16.3 Å². The highest BCUT2D eigenvalue weighted by Crippen LogP contribution is 2.32. The van der Waals surface area contributed by atoms with Crippen LogP contribution in [0.1, 0.15) is 29.8 Å². The number of nitriles is 1. The van der Waals surface area contributed by atoms with E-state index >= 15 is 0 Å². The molecule has 2 heterocycles. The summed E-state index contributed by atoms with van der Waals surface area (Å²) in [6.07, 6.45) is -0.503. The molecule has 30 heavy (non-hydrogen) atoms. The summed E-state index contributed by atoms with van der Waals surface area (Å²) >= 11 is 5.87. The van der Waals surface area contributed by atoms with Crippen LogP contribution in [0.15, 0.2) is 69.9 Å². The highest BCUT2D eigenvalue weighted by Gasteiger charge is 2.19. The van der Waals surface area contributed by atoms with Crippen molar-refractivity contribution in [1.82, 2.24) is 4.98 Å². The lowest BCUT2D eigenvalue weighted by atomic mass is 10.0. The summed E-state index contributed by atoms with van der Waals surface area (Å²) in [5.41, 5.74) is 2.85. The fraction of sp³-hybridized carbons (Fsp3) is 0.125. The molecule has 4 aromatic rings. The first-order chi connectivity index (χ1) is 14.5. The Labute approximate surface area is 178 Å². The summed E-state index contributed by atoms with van der Waals surface area (Å²) in [6, 6.07) is 19.8. The Morgan fingerprint density at radius 1 is 1.13 bits per heavy atom. The Morgan fingerprint density at radius 2 is 1.90 bits per heavy atom. The van der Waals surface area contributed by atoms with Crippen LogP contribution in [0.25, 0.3) is 22.3 Å². The first-order valence-electron chi connectivity index (χ1n) is 9.33. The molecule has 1 atom stereocenters. The number of hydrogen-bond donors (Lipinski definition) is 0. The molecule has 0 aliphatic rings. The predicted octanol–water partition coefficient (Wildman–Crippen LogP) is 5.83. The molecule has 6 heteroatoms. The Bertz CT molecular complexity index is 1340. The average molecular weight is 417 g/mol. The zero-order valence-electron chi connectivity index (χ0n) is 16.3. The molecule has 0 saturated heterocycles. The second-order valence-corrected chi connectivity index (χ2v) is 7.31. The number of nitrogens with zero attached hydrogens (tertiary/aromatic N) is 2. The van der Waals surface area contributed by atoms with E-state index in [1.165, 1.54) is 6.07 Å². The first-order valence-corrected chi connectivity index (χ1v) is 9.71. The van der Waals surface area contributed by atoms with E-state index in [1.54, 1.807) is 18.2 Å². The summed E-state index contributed by atoms with van der Waals surface area (Å²) in [7, 11) is 0. The Balaban J connectivity index is 1.85.